The fourth-order valence-electron chi connectivity index (χ4n) is 2.34. The van der Waals surface area contributed by atoms with E-state index in [9.17, 15) is 4.79 Å². The summed E-state index contributed by atoms with van der Waals surface area (Å²) in [5.74, 6) is 1.07. The number of carbonyl (C=O) groups excluding carboxylic acids is 1. The van der Waals surface area contributed by atoms with Crippen LogP contribution in [0.2, 0.25) is 5.02 Å². The van der Waals surface area contributed by atoms with E-state index in [1.165, 1.54) is 6.42 Å². The first-order valence-electron chi connectivity index (χ1n) is 6.00. The first-order valence-corrected chi connectivity index (χ1v) is 6.38. The third-order valence-electron chi connectivity index (χ3n) is 3.74. The summed E-state index contributed by atoms with van der Waals surface area (Å²) >= 11 is 5.84. The number of nitrogens with one attached hydrogen (secondary N) is 1. The Bertz CT molecular complexity index is 422. The molecule has 0 radical (unpaired) electrons. The molecule has 1 aromatic rings. The van der Waals surface area contributed by atoms with Crippen molar-refractivity contribution in [1.29, 1.82) is 0 Å². The lowest BCUT2D eigenvalue weighted by Crippen LogP contribution is -2.37. The van der Waals surface area contributed by atoms with Crippen molar-refractivity contribution in [3.8, 4) is 0 Å². The minimum atomic E-state index is -0.126. The van der Waals surface area contributed by atoms with E-state index in [2.05, 4.69) is 24.1 Å². The third kappa shape index (κ3) is 2.78. The van der Waals surface area contributed by atoms with Gasteiger partial charge in [0.1, 0.15) is 5.69 Å². The first kappa shape index (κ1) is 12.4. The van der Waals surface area contributed by atoms with E-state index in [1.807, 2.05) is 0 Å². The molecule has 1 aliphatic rings. The quantitative estimate of drug-likeness (QED) is 0.879. The number of carbonyl (C=O) groups is 1. The van der Waals surface area contributed by atoms with E-state index < -0.39 is 0 Å². The molecule has 4 heteroatoms. The van der Waals surface area contributed by atoms with Crippen LogP contribution in [-0.4, -0.2) is 16.9 Å². The van der Waals surface area contributed by atoms with Crippen LogP contribution in [0.15, 0.2) is 18.3 Å². The van der Waals surface area contributed by atoms with Gasteiger partial charge in [0.15, 0.2) is 0 Å². The monoisotopic (exact) mass is 252 g/mol. The van der Waals surface area contributed by atoms with Crippen molar-refractivity contribution in [2.24, 2.45) is 11.8 Å². The van der Waals surface area contributed by atoms with Gasteiger partial charge in [-0.2, -0.15) is 0 Å². The Morgan fingerprint density at radius 2 is 2.24 bits per heavy atom. The van der Waals surface area contributed by atoms with Gasteiger partial charge < -0.3 is 5.32 Å². The number of halogens is 1. The zero-order chi connectivity index (χ0) is 12.4. The van der Waals surface area contributed by atoms with Crippen molar-refractivity contribution < 1.29 is 4.79 Å². The summed E-state index contributed by atoms with van der Waals surface area (Å²) in [6.45, 7) is 4.42. The van der Waals surface area contributed by atoms with E-state index >= 15 is 0 Å². The van der Waals surface area contributed by atoms with Crippen molar-refractivity contribution in [1.82, 2.24) is 10.3 Å². The number of nitrogens with zero attached hydrogens (tertiary/aromatic N) is 1. The minimum absolute atomic E-state index is 0.126. The summed E-state index contributed by atoms with van der Waals surface area (Å²) in [4.78, 5) is 16.0. The molecular formula is C13H17ClN2O. The fourth-order valence-corrected chi connectivity index (χ4v) is 2.50. The Balaban J connectivity index is 2.02. The van der Waals surface area contributed by atoms with Crippen LogP contribution in [-0.2, 0) is 0 Å². The summed E-state index contributed by atoms with van der Waals surface area (Å²) in [6, 6.07) is 3.52. The van der Waals surface area contributed by atoms with Gasteiger partial charge in [0, 0.05) is 17.3 Å². The van der Waals surface area contributed by atoms with Crippen LogP contribution in [0.4, 0.5) is 0 Å². The maximum absolute atomic E-state index is 12.0. The normalized spacial score (nSPS) is 28.1. The average Bonchev–Trinajstić information content (AvgIpc) is 2.61. The lowest BCUT2D eigenvalue weighted by Gasteiger charge is -2.19. The Kier molecular flexibility index (Phi) is 3.67. The van der Waals surface area contributed by atoms with Crippen molar-refractivity contribution in [3.05, 3.63) is 29.0 Å². The molecule has 1 heterocycles. The number of hydrogen-bond acceptors (Lipinski definition) is 2. The highest BCUT2D eigenvalue weighted by Crippen LogP contribution is 2.31. The molecule has 1 saturated carbocycles. The largest absolute Gasteiger partial charge is 0.348 e. The molecule has 3 atom stereocenters. The molecule has 3 nitrogen and oxygen atoms in total. The Morgan fingerprint density at radius 1 is 1.47 bits per heavy atom. The Morgan fingerprint density at radius 3 is 2.82 bits per heavy atom. The Hall–Kier alpha value is -1.09. The van der Waals surface area contributed by atoms with E-state index in [0.29, 0.717) is 22.6 Å². The van der Waals surface area contributed by atoms with Crippen LogP contribution in [0.25, 0.3) is 0 Å². The van der Waals surface area contributed by atoms with Crippen molar-refractivity contribution in [2.45, 2.75) is 32.7 Å². The zero-order valence-corrected chi connectivity index (χ0v) is 10.9. The summed E-state index contributed by atoms with van der Waals surface area (Å²) in [5.41, 5.74) is 0.393. The van der Waals surface area contributed by atoms with Gasteiger partial charge in [0.2, 0.25) is 0 Å². The number of rotatable bonds is 2. The second-order valence-corrected chi connectivity index (χ2v) is 5.29. The number of pyridine rings is 1. The van der Waals surface area contributed by atoms with Crippen LogP contribution in [0.5, 0.6) is 0 Å². The summed E-state index contributed by atoms with van der Waals surface area (Å²) in [6.07, 6.45) is 3.78. The summed E-state index contributed by atoms with van der Waals surface area (Å²) < 4.78 is 0. The molecule has 1 amide bonds. The van der Waals surface area contributed by atoms with Crippen molar-refractivity contribution in [3.63, 3.8) is 0 Å². The molecule has 0 spiro atoms. The average molecular weight is 253 g/mol. The highest BCUT2D eigenvalue weighted by Gasteiger charge is 2.31. The molecule has 1 aliphatic carbocycles. The van der Waals surface area contributed by atoms with E-state index in [-0.39, 0.29) is 11.9 Å². The highest BCUT2D eigenvalue weighted by atomic mass is 35.5. The lowest BCUT2D eigenvalue weighted by molar-refractivity contribution is 0.0922. The van der Waals surface area contributed by atoms with E-state index in [0.717, 1.165) is 6.42 Å². The molecule has 1 aromatic heterocycles. The molecule has 0 aliphatic heterocycles. The van der Waals surface area contributed by atoms with Crippen LogP contribution in [0.1, 0.15) is 37.2 Å². The second-order valence-electron chi connectivity index (χ2n) is 4.85. The lowest BCUT2D eigenvalue weighted by atomic mass is 9.98. The van der Waals surface area contributed by atoms with Crippen LogP contribution < -0.4 is 5.32 Å². The van der Waals surface area contributed by atoms with E-state index in [4.69, 9.17) is 11.6 Å². The van der Waals surface area contributed by atoms with Crippen molar-refractivity contribution in [2.75, 3.05) is 0 Å². The summed E-state index contributed by atoms with van der Waals surface area (Å²) in [7, 11) is 0. The highest BCUT2D eigenvalue weighted by molar-refractivity contribution is 6.30. The molecule has 92 valence electrons. The van der Waals surface area contributed by atoms with Gasteiger partial charge in [-0.05, 0) is 36.8 Å². The maximum atomic E-state index is 12.0. The van der Waals surface area contributed by atoms with Crippen LogP contribution in [0.3, 0.4) is 0 Å². The van der Waals surface area contributed by atoms with Gasteiger partial charge in [-0.1, -0.05) is 25.4 Å². The molecule has 0 aromatic carbocycles. The van der Waals surface area contributed by atoms with Gasteiger partial charge in [0.25, 0.3) is 5.91 Å². The maximum Gasteiger partial charge on any atom is 0.270 e. The minimum Gasteiger partial charge on any atom is -0.348 e. The molecule has 1 N–H and O–H groups in total. The topological polar surface area (TPSA) is 42.0 Å². The van der Waals surface area contributed by atoms with Gasteiger partial charge in [-0.15, -0.1) is 0 Å². The molecular weight excluding hydrogens is 236 g/mol. The molecule has 3 unspecified atom stereocenters. The van der Waals surface area contributed by atoms with Gasteiger partial charge in [0.05, 0.1) is 0 Å². The third-order valence-corrected chi connectivity index (χ3v) is 3.97. The summed E-state index contributed by atoms with van der Waals surface area (Å²) in [5, 5.41) is 3.58. The zero-order valence-electron chi connectivity index (χ0n) is 10.1. The van der Waals surface area contributed by atoms with Crippen LogP contribution in [0, 0.1) is 11.8 Å². The number of aromatic nitrogens is 1. The first-order chi connectivity index (χ1) is 8.08. The molecule has 1 fully saturated rings. The number of amides is 1. The molecule has 17 heavy (non-hydrogen) atoms. The van der Waals surface area contributed by atoms with Gasteiger partial charge in [-0.3, -0.25) is 9.78 Å². The van der Waals surface area contributed by atoms with Crippen molar-refractivity contribution >= 4 is 17.5 Å². The number of hydrogen-bond donors (Lipinski definition) is 1. The molecule has 0 bridgehead atoms. The van der Waals surface area contributed by atoms with Crippen LogP contribution >= 0.6 is 11.6 Å². The Labute approximate surface area is 107 Å². The second kappa shape index (κ2) is 5.05. The fraction of sp³-hybridized carbons (Fsp3) is 0.538. The smallest absolute Gasteiger partial charge is 0.270 e. The van der Waals surface area contributed by atoms with Gasteiger partial charge >= 0.3 is 0 Å². The SMILES string of the molecule is CC1CCC(NC(=O)c2cc(Cl)ccn2)C1C. The predicted molar refractivity (Wildman–Crippen MR) is 68.1 cm³/mol. The van der Waals surface area contributed by atoms with Gasteiger partial charge in [-0.25, -0.2) is 0 Å². The molecule has 0 saturated heterocycles. The standard InChI is InChI=1S/C13H17ClN2O/c1-8-3-4-11(9(8)2)16-13(17)12-7-10(14)5-6-15-12/h5-9,11H,3-4H2,1-2H3,(H,16,17). The van der Waals surface area contributed by atoms with E-state index in [1.54, 1.807) is 18.3 Å². The molecule has 2 rings (SSSR count). The predicted octanol–water partition coefficient (Wildman–Crippen LogP) is 2.90.